The summed E-state index contributed by atoms with van der Waals surface area (Å²) in [5.41, 5.74) is 7.27. The molecule has 3 rings (SSSR count). The number of rotatable bonds is 4. The van der Waals surface area contributed by atoms with Crippen molar-refractivity contribution in [3.05, 3.63) is 59.0 Å². The molecule has 8 nitrogen and oxygen atoms in total. The van der Waals surface area contributed by atoms with Crippen LogP contribution in [0.1, 0.15) is 11.1 Å². The molecule has 2 aromatic heterocycles. The zero-order chi connectivity index (χ0) is 18.9. The van der Waals surface area contributed by atoms with Crippen LogP contribution in [0, 0.1) is 18.3 Å². The van der Waals surface area contributed by atoms with E-state index >= 15 is 0 Å². The molecule has 3 aromatic rings. The summed E-state index contributed by atoms with van der Waals surface area (Å²) >= 11 is 5.85. The van der Waals surface area contributed by atoms with Gasteiger partial charge >= 0.3 is 0 Å². The molecule has 0 amide bonds. The summed E-state index contributed by atoms with van der Waals surface area (Å²) in [7, 11) is -3.91. The average Bonchev–Trinajstić information content (AvgIpc) is 2.98. The van der Waals surface area contributed by atoms with E-state index in [2.05, 4.69) is 14.8 Å². The summed E-state index contributed by atoms with van der Waals surface area (Å²) < 4.78 is 29.2. The molecule has 132 valence electrons. The van der Waals surface area contributed by atoms with Gasteiger partial charge in [0.2, 0.25) is 0 Å². The highest BCUT2D eigenvalue weighted by molar-refractivity contribution is 7.92. The second-order valence-electron chi connectivity index (χ2n) is 5.37. The predicted molar refractivity (Wildman–Crippen MR) is 97.5 cm³/mol. The number of nitrogen functional groups attached to an aromatic ring is 1. The minimum absolute atomic E-state index is 0.0274. The maximum absolute atomic E-state index is 12.7. The molecular weight excluding hydrogens is 376 g/mol. The van der Waals surface area contributed by atoms with Crippen LogP contribution in [-0.4, -0.2) is 23.2 Å². The molecule has 26 heavy (non-hydrogen) atoms. The fraction of sp³-hybridized carbons (Fsp3) is 0.0625. The van der Waals surface area contributed by atoms with Gasteiger partial charge in [-0.25, -0.2) is 18.1 Å². The van der Waals surface area contributed by atoms with Gasteiger partial charge in [-0.05, 0) is 30.7 Å². The molecule has 0 saturated heterocycles. The minimum Gasteiger partial charge on any atom is -0.382 e. The van der Waals surface area contributed by atoms with E-state index < -0.39 is 10.0 Å². The minimum atomic E-state index is -3.91. The van der Waals surface area contributed by atoms with Gasteiger partial charge in [0.25, 0.3) is 10.0 Å². The van der Waals surface area contributed by atoms with Gasteiger partial charge in [-0.3, -0.25) is 4.72 Å². The van der Waals surface area contributed by atoms with E-state index in [0.717, 1.165) is 0 Å². The zero-order valence-corrected chi connectivity index (χ0v) is 15.1. The number of nitrogens with two attached hydrogens (primary N) is 1. The van der Waals surface area contributed by atoms with Crippen LogP contribution in [0.15, 0.2) is 47.6 Å². The summed E-state index contributed by atoms with van der Waals surface area (Å²) in [5, 5.41) is 13.3. The highest BCUT2D eigenvalue weighted by Crippen LogP contribution is 2.26. The Morgan fingerprint density at radius 3 is 2.69 bits per heavy atom. The molecule has 0 saturated carbocycles. The molecule has 0 aliphatic carbocycles. The van der Waals surface area contributed by atoms with Crippen molar-refractivity contribution in [3.63, 3.8) is 0 Å². The smallest absolute Gasteiger partial charge is 0.263 e. The summed E-state index contributed by atoms with van der Waals surface area (Å²) in [6.45, 7) is 1.66. The second-order valence-corrected chi connectivity index (χ2v) is 7.41. The van der Waals surface area contributed by atoms with E-state index in [-0.39, 0.29) is 27.1 Å². The number of nitrogens with zero attached hydrogens (tertiary/aromatic N) is 4. The third-order valence-corrected chi connectivity index (χ3v) is 5.33. The zero-order valence-electron chi connectivity index (χ0n) is 13.5. The maximum Gasteiger partial charge on any atom is 0.263 e. The lowest BCUT2D eigenvalue weighted by molar-refractivity contribution is 0.600. The van der Waals surface area contributed by atoms with E-state index in [9.17, 15) is 8.42 Å². The van der Waals surface area contributed by atoms with Gasteiger partial charge in [0.15, 0.2) is 0 Å². The van der Waals surface area contributed by atoms with E-state index in [4.69, 9.17) is 22.6 Å². The van der Waals surface area contributed by atoms with Gasteiger partial charge in [0.1, 0.15) is 27.5 Å². The number of halogens is 1. The summed E-state index contributed by atoms with van der Waals surface area (Å²) in [4.78, 5) is 3.84. The average molecular weight is 389 g/mol. The lowest BCUT2D eigenvalue weighted by Gasteiger charge is -2.13. The molecule has 0 unspecified atom stereocenters. The van der Waals surface area contributed by atoms with Crippen molar-refractivity contribution in [1.29, 1.82) is 5.26 Å². The van der Waals surface area contributed by atoms with E-state index in [0.29, 0.717) is 11.3 Å². The van der Waals surface area contributed by atoms with E-state index in [1.165, 1.54) is 23.1 Å². The molecule has 10 heteroatoms. The number of aryl methyl sites for hydroxylation is 1. The largest absolute Gasteiger partial charge is 0.382 e. The Balaban J connectivity index is 2.04. The van der Waals surface area contributed by atoms with Crippen LogP contribution < -0.4 is 10.5 Å². The Kier molecular flexibility index (Phi) is 4.54. The van der Waals surface area contributed by atoms with Crippen LogP contribution in [0.2, 0.25) is 5.15 Å². The number of pyridine rings is 1. The molecule has 0 fully saturated rings. The topological polar surface area (TPSA) is 127 Å². The first kappa shape index (κ1) is 17.7. The van der Waals surface area contributed by atoms with Crippen LogP contribution in [0.25, 0.3) is 5.69 Å². The van der Waals surface area contributed by atoms with Crippen LogP contribution >= 0.6 is 11.6 Å². The third kappa shape index (κ3) is 3.20. The number of hydrogen-bond acceptors (Lipinski definition) is 6. The quantitative estimate of drug-likeness (QED) is 0.661. The highest BCUT2D eigenvalue weighted by atomic mass is 35.5. The number of benzene rings is 1. The second kappa shape index (κ2) is 6.67. The first-order valence-corrected chi connectivity index (χ1v) is 9.17. The van der Waals surface area contributed by atoms with Crippen molar-refractivity contribution in [2.45, 2.75) is 11.8 Å². The maximum atomic E-state index is 12.7. The van der Waals surface area contributed by atoms with E-state index in [1.54, 1.807) is 31.2 Å². The molecule has 2 heterocycles. The van der Waals surface area contributed by atoms with Crippen molar-refractivity contribution in [2.75, 3.05) is 10.5 Å². The van der Waals surface area contributed by atoms with Crippen molar-refractivity contribution in [3.8, 4) is 11.8 Å². The molecular formula is C16H13ClN6O2S. The van der Waals surface area contributed by atoms with Gasteiger partial charge in [0.05, 0.1) is 17.6 Å². The van der Waals surface area contributed by atoms with Crippen LogP contribution in [0.3, 0.4) is 0 Å². The lowest BCUT2D eigenvalue weighted by atomic mass is 10.2. The Morgan fingerprint density at radius 2 is 2.04 bits per heavy atom. The van der Waals surface area contributed by atoms with E-state index in [1.807, 2.05) is 6.07 Å². The van der Waals surface area contributed by atoms with Gasteiger partial charge in [-0.15, -0.1) is 0 Å². The van der Waals surface area contributed by atoms with Crippen LogP contribution in [0.4, 0.5) is 11.5 Å². The summed E-state index contributed by atoms with van der Waals surface area (Å²) in [5.74, 6) is 0.114. The monoisotopic (exact) mass is 388 g/mol. The number of aromatic nitrogens is 3. The molecule has 0 aliphatic heterocycles. The molecule has 0 bridgehead atoms. The first-order chi connectivity index (χ1) is 12.3. The van der Waals surface area contributed by atoms with Crippen molar-refractivity contribution >= 4 is 33.1 Å². The van der Waals surface area contributed by atoms with Gasteiger partial charge < -0.3 is 5.73 Å². The first-order valence-electron chi connectivity index (χ1n) is 7.31. The lowest BCUT2D eigenvalue weighted by Crippen LogP contribution is -2.16. The standard InChI is InChI=1S/C16H13ClN6O2S/c1-10-6-12(9-20-15(10)17)26(24,25)22-13-4-2-3-5-14(13)23-16(19)11(7-18)8-21-23/h2-6,8-9,22H,19H2,1H3. The number of nitrogens with one attached hydrogen (secondary N) is 1. The number of nitriles is 1. The van der Waals surface area contributed by atoms with Gasteiger partial charge in [-0.2, -0.15) is 10.4 Å². The highest BCUT2D eigenvalue weighted by Gasteiger charge is 2.19. The molecule has 0 aliphatic rings. The molecule has 0 radical (unpaired) electrons. The van der Waals surface area contributed by atoms with Crippen molar-refractivity contribution < 1.29 is 8.42 Å². The number of sulfonamides is 1. The van der Waals surface area contributed by atoms with Crippen molar-refractivity contribution in [2.24, 2.45) is 0 Å². The third-order valence-electron chi connectivity index (χ3n) is 3.60. The molecule has 0 atom stereocenters. The number of anilines is 2. The predicted octanol–water partition coefficient (Wildman–Crippen LogP) is 2.48. The molecule has 0 spiro atoms. The van der Waals surface area contributed by atoms with Gasteiger partial charge in [-0.1, -0.05) is 23.7 Å². The molecule has 3 N–H and O–H groups in total. The SMILES string of the molecule is Cc1cc(S(=O)(=O)Nc2ccccc2-n2ncc(C#N)c2N)cnc1Cl. The van der Waals surface area contributed by atoms with Crippen LogP contribution in [-0.2, 0) is 10.0 Å². The Hall–Kier alpha value is -3.09. The number of para-hydroxylation sites is 2. The Morgan fingerprint density at radius 1 is 1.31 bits per heavy atom. The fourth-order valence-electron chi connectivity index (χ4n) is 2.26. The normalized spacial score (nSPS) is 11.1. The number of hydrogen-bond donors (Lipinski definition) is 2. The fourth-order valence-corrected chi connectivity index (χ4v) is 3.47. The Bertz CT molecular complexity index is 1130. The van der Waals surface area contributed by atoms with Gasteiger partial charge in [0, 0.05) is 6.20 Å². The summed E-state index contributed by atoms with van der Waals surface area (Å²) in [6, 6.07) is 9.92. The molecule has 1 aromatic carbocycles. The Labute approximate surface area is 154 Å². The summed E-state index contributed by atoms with van der Waals surface area (Å²) in [6.07, 6.45) is 2.49. The van der Waals surface area contributed by atoms with Crippen LogP contribution in [0.5, 0.6) is 0 Å². The van der Waals surface area contributed by atoms with Crippen molar-refractivity contribution in [1.82, 2.24) is 14.8 Å².